The van der Waals surface area contributed by atoms with Crippen molar-refractivity contribution in [1.29, 1.82) is 0 Å². The van der Waals surface area contributed by atoms with Crippen LogP contribution in [0.3, 0.4) is 0 Å². The van der Waals surface area contributed by atoms with E-state index in [9.17, 15) is 0 Å². The molecule has 0 unspecified atom stereocenters. The van der Waals surface area contributed by atoms with Crippen molar-refractivity contribution >= 4 is 0 Å². The first kappa shape index (κ1) is 12.8. The quantitative estimate of drug-likeness (QED) is 0.720. The van der Waals surface area contributed by atoms with Crippen molar-refractivity contribution in [2.75, 3.05) is 20.3 Å². The summed E-state index contributed by atoms with van der Waals surface area (Å²) in [6.07, 6.45) is 0.609. The van der Waals surface area contributed by atoms with Gasteiger partial charge in [0.25, 0.3) is 0 Å². The summed E-state index contributed by atoms with van der Waals surface area (Å²) >= 11 is 0. The van der Waals surface area contributed by atoms with E-state index in [-0.39, 0.29) is 12.6 Å². The number of methoxy groups -OCH3 is 1. The van der Waals surface area contributed by atoms with Gasteiger partial charge in [0.05, 0.1) is 13.7 Å². The Morgan fingerprint density at radius 1 is 1.38 bits per heavy atom. The Morgan fingerprint density at radius 3 is 2.69 bits per heavy atom. The highest BCUT2D eigenvalue weighted by Gasteiger charge is 2.07. The van der Waals surface area contributed by atoms with Crippen LogP contribution in [0.5, 0.6) is 11.5 Å². The minimum absolute atomic E-state index is 0.0274. The Morgan fingerprint density at radius 2 is 2.12 bits per heavy atom. The zero-order valence-corrected chi connectivity index (χ0v) is 9.77. The van der Waals surface area contributed by atoms with Crippen LogP contribution in [-0.4, -0.2) is 25.4 Å². The van der Waals surface area contributed by atoms with Gasteiger partial charge in [-0.05, 0) is 24.6 Å². The first-order valence-corrected chi connectivity index (χ1v) is 5.36. The summed E-state index contributed by atoms with van der Waals surface area (Å²) in [5, 5.41) is 8.66. The molecule has 0 bridgehead atoms. The highest BCUT2D eigenvalue weighted by molar-refractivity contribution is 5.43. The molecule has 1 rings (SSSR count). The van der Waals surface area contributed by atoms with E-state index in [1.807, 2.05) is 25.1 Å². The van der Waals surface area contributed by atoms with Crippen molar-refractivity contribution in [1.82, 2.24) is 0 Å². The van der Waals surface area contributed by atoms with Gasteiger partial charge in [-0.1, -0.05) is 6.07 Å². The van der Waals surface area contributed by atoms with Gasteiger partial charge in [-0.25, -0.2) is 0 Å². The van der Waals surface area contributed by atoms with E-state index < -0.39 is 0 Å². The molecular weight excluding hydrogens is 206 g/mol. The Bertz CT molecular complexity index is 326. The zero-order chi connectivity index (χ0) is 12.0. The minimum atomic E-state index is -0.0274. The van der Waals surface area contributed by atoms with Crippen LogP contribution in [0.2, 0.25) is 0 Å². The molecule has 1 atom stereocenters. The topological polar surface area (TPSA) is 64.7 Å². The third-order valence-electron chi connectivity index (χ3n) is 2.27. The lowest BCUT2D eigenvalue weighted by atomic mass is 10.1. The number of hydrogen-bond acceptors (Lipinski definition) is 4. The molecule has 16 heavy (non-hydrogen) atoms. The molecule has 0 spiro atoms. The average Bonchev–Trinajstić information content (AvgIpc) is 2.29. The standard InChI is InChI=1S/C12H19NO3/c1-9(13)10-4-5-11(12(8-10)15-2)16-7-3-6-14/h4-5,8-9,14H,3,6-7,13H2,1-2H3/t9-/m0/s1. The van der Waals surface area contributed by atoms with Crippen LogP contribution in [0, 0.1) is 0 Å². The van der Waals surface area contributed by atoms with Crippen molar-refractivity contribution in [3.8, 4) is 11.5 Å². The normalized spacial score (nSPS) is 12.2. The van der Waals surface area contributed by atoms with Crippen molar-refractivity contribution in [3.05, 3.63) is 23.8 Å². The molecule has 4 heteroatoms. The second-order valence-corrected chi connectivity index (χ2v) is 3.62. The van der Waals surface area contributed by atoms with Gasteiger partial charge in [0.1, 0.15) is 0 Å². The minimum Gasteiger partial charge on any atom is -0.493 e. The van der Waals surface area contributed by atoms with Crippen LogP contribution < -0.4 is 15.2 Å². The molecule has 0 radical (unpaired) electrons. The lowest BCUT2D eigenvalue weighted by Crippen LogP contribution is -2.06. The summed E-state index contributed by atoms with van der Waals surface area (Å²) < 4.78 is 10.7. The maximum absolute atomic E-state index is 8.66. The average molecular weight is 225 g/mol. The second-order valence-electron chi connectivity index (χ2n) is 3.62. The van der Waals surface area contributed by atoms with Gasteiger partial charge >= 0.3 is 0 Å². The maximum Gasteiger partial charge on any atom is 0.161 e. The lowest BCUT2D eigenvalue weighted by Gasteiger charge is -2.13. The van der Waals surface area contributed by atoms with Crippen molar-refractivity contribution in [3.63, 3.8) is 0 Å². The SMILES string of the molecule is COc1cc([C@H](C)N)ccc1OCCCO. The summed E-state index contributed by atoms with van der Waals surface area (Å²) in [5.41, 5.74) is 6.79. The molecule has 3 N–H and O–H groups in total. The van der Waals surface area contributed by atoms with Gasteiger partial charge < -0.3 is 20.3 Å². The molecular formula is C12H19NO3. The first-order chi connectivity index (χ1) is 7.69. The zero-order valence-electron chi connectivity index (χ0n) is 9.77. The number of aliphatic hydroxyl groups excluding tert-OH is 1. The Balaban J connectivity index is 2.76. The number of benzene rings is 1. The van der Waals surface area contributed by atoms with E-state index in [1.165, 1.54) is 0 Å². The predicted octanol–water partition coefficient (Wildman–Crippen LogP) is 1.48. The van der Waals surface area contributed by atoms with Crippen LogP contribution in [-0.2, 0) is 0 Å². The van der Waals surface area contributed by atoms with Gasteiger partial charge in [-0.15, -0.1) is 0 Å². The van der Waals surface area contributed by atoms with Crippen molar-refractivity contribution in [2.45, 2.75) is 19.4 Å². The van der Waals surface area contributed by atoms with Crippen LogP contribution in [0.1, 0.15) is 24.9 Å². The van der Waals surface area contributed by atoms with Crippen LogP contribution in [0.25, 0.3) is 0 Å². The second kappa shape index (κ2) is 6.35. The fourth-order valence-electron chi connectivity index (χ4n) is 1.33. The summed E-state index contributed by atoms with van der Waals surface area (Å²) in [7, 11) is 1.60. The molecule has 1 aromatic rings. The molecule has 4 nitrogen and oxygen atoms in total. The molecule has 0 heterocycles. The molecule has 0 fully saturated rings. The molecule has 0 aliphatic carbocycles. The Hall–Kier alpha value is -1.26. The highest BCUT2D eigenvalue weighted by Crippen LogP contribution is 2.29. The highest BCUT2D eigenvalue weighted by atomic mass is 16.5. The van der Waals surface area contributed by atoms with Crippen LogP contribution >= 0.6 is 0 Å². The summed E-state index contributed by atoms with van der Waals surface area (Å²) in [6, 6.07) is 5.61. The van der Waals surface area contributed by atoms with Crippen molar-refractivity contribution < 1.29 is 14.6 Å². The first-order valence-electron chi connectivity index (χ1n) is 5.36. The summed E-state index contributed by atoms with van der Waals surface area (Å²) in [4.78, 5) is 0. The fourth-order valence-corrected chi connectivity index (χ4v) is 1.33. The maximum atomic E-state index is 8.66. The monoisotopic (exact) mass is 225 g/mol. The van der Waals surface area contributed by atoms with E-state index in [0.717, 1.165) is 5.56 Å². The van der Waals surface area contributed by atoms with E-state index in [0.29, 0.717) is 24.5 Å². The molecule has 0 saturated carbocycles. The third kappa shape index (κ3) is 3.40. The molecule has 0 saturated heterocycles. The fraction of sp³-hybridized carbons (Fsp3) is 0.500. The summed E-state index contributed by atoms with van der Waals surface area (Å²) in [5.74, 6) is 1.35. The van der Waals surface area contributed by atoms with Gasteiger partial charge in [-0.2, -0.15) is 0 Å². The molecule has 0 amide bonds. The van der Waals surface area contributed by atoms with Gasteiger partial charge in [0.15, 0.2) is 11.5 Å². The number of nitrogens with two attached hydrogens (primary N) is 1. The van der Waals surface area contributed by atoms with Gasteiger partial charge in [0.2, 0.25) is 0 Å². The molecule has 1 aromatic carbocycles. The molecule has 90 valence electrons. The van der Waals surface area contributed by atoms with E-state index in [4.69, 9.17) is 20.3 Å². The van der Waals surface area contributed by atoms with Crippen LogP contribution in [0.15, 0.2) is 18.2 Å². The van der Waals surface area contributed by atoms with Gasteiger partial charge in [0, 0.05) is 19.1 Å². The van der Waals surface area contributed by atoms with Crippen LogP contribution in [0.4, 0.5) is 0 Å². The predicted molar refractivity (Wildman–Crippen MR) is 62.8 cm³/mol. The Kier molecular flexibility index (Phi) is 5.08. The Labute approximate surface area is 96.0 Å². The van der Waals surface area contributed by atoms with E-state index in [1.54, 1.807) is 7.11 Å². The summed E-state index contributed by atoms with van der Waals surface area (Å²) in [6.45, 7) is 2.52. The van der Waals surface area contributed by atoms with E-state index in [2.05, 4.69) is 0 Å². The number of hydrogen-bond donors (Lipinski definition) is 2. The van der Waals surface area contributed by atoms with E-state index >= 15 is 0 Å². The third-order valence-corrected chi connectivity index (χ3v) is 2.27. The molecule has 0 aliphatic rings. The van der Waals surface area contributed by atoms with Gasteiger partial charge in [-0.3, -0.25) is 0 Å². The molecule has 0 aliphatic heterocycles. The molecule has 0 aromatic heterocycles. The number of rotatable bonds is 6. The smallest absolute Gasteiger partial charge is 0.161 e. The number of aliphatic hydroxyl groups is 1. The van der Waals surface area contributed by atoms with Crippen molar-refractivity contribution in [2.24, 2.45) is 5.73 Å². The lowest BCUT2D eigenvalue weighted by molar-refractivity contribution is 0.228. The largest absolute Gasteiger partial charge is 0.493 e. The number of ether oxygens (including phenoxy) is 2.